The third-order valence-corrected chi connectivity index (χ3v) is 10.7. The van der Waals surface area contributed by atoms with E-state index in [9.17, 15) is 14.8 Å². The molecule has 0 spiro atoms. The molecule has 15 heteroatoms. The molecule has 0 aliphatic heterocycles. The van der Waals surface area contributed by atoms with Gasteiger partial charge in [-0.3, -0.25) is 14.8 Å². The highest BCUT2D eigenvalue weighted by atomic mass is 16.6. The van der Waals surface area contributed by atoms with Crippen molar-refractivity contribution in [2.45, 2.75) is 107 Å². The van der Waals surface area contributed by atoms with Crippen molar-refractivity contribution in [3.63, 3.8) is 0 Å². The molecule has 15 nitrogen and oxygen atoms in total. The molecule has 0 saturated carbocycles. The summed E-state index contributed by atoms with van der Waals surface area (Å²) in [5, 5.41) is 49.3. The van der Waals surface area contributed by atoms with Crippen LogP contribution in [0.4, 0.5) is 21.0 Å². The molecule has 4 aromatic carbocycles. The first kappa shape index (κ1) is 53.0. The highest BCUT2D eigenvalue weighted by molar-refractivity contribution is 5.88. The monoisotopic (exact) mass is 952 g/mol. The highest BCUT2D eigenvalue weighted by Crippen LogP contribution is 2.31. The first-order valence-corrected chi connectivity index (χ1v) is 22.6. The van der Waals surface area contributed by atoms with E-state index in [1.54, 1.807) is 113 Å². The fourth-order valence-electron chi connectivity index (χ4n) is 7.05. The summed E-state index contributed by atoms with van der Waals surface area (Å²) in [6, 6.07) is 36.0. The van der Waals surface area contributed by atoms with Crippen LogP contribution in [0, 0.1) is 78.2 Å². The van der Waals surface area contributed by atoms with Crippen molar-refractivity contribution in [3.8, 4) is 35.8 Å². The number of carbonyl (C=O) groups excluding carboxylic acids is 2. The van der Waals surface area contributed by atoms with Gasteiger partial charge in [-0.15, -0.1) is 0 Å². The molecule has 0 unspecified atom stereocenters. The van der Waals surface area contributed by atoms with Crippen molar-refractivity contribution in [3.05, 3.63) is 182 Å². The summed E-state index contributed by atoms with van der Waals surface area (Å²) >= 11 is 0. The molecule has 0 bridgehead atoms. The van der Waals surface area contributed by atoms with Crippen LogP contribution in [0.1, 0.15) is 109 Å². The fraction of sp³-hybridized carbons (Fsp3) is 0.286. The molecule has 0 aliphatic carbocycles. The molecular formula is C56H56N8O7. The van der Waals surface area contributed by atoms with Crippen LogP contribution in [-0.2, 0) is 35.8 Å². The molecule has 71 heavy (non-hydrogen) atoms. The lowest BCUT2D eigenvalue weighted by Gasteiger charge is -2.28. The summed E-state index contributed by atoms with van der Waals surface area (Å²) in [7, 11) is 0. The van der Waals surface area contributed by atoms with Crippen LogP contribution in [0.3, 0.4) is 0 Å². The zero-order chi connectivity index (χ0) is 52.0. The molecule has 0 saturated heterocycles. The van der Waals surface area contributed by atoms with E-state index in [0.29, 0.717) is 61.9 Å². The number of aromatic nitrogens is 2. The topological polar surface area (TPSA) is 213 Å². The zero-order valence-corrected chi connectivity index (χ0v) is 41.7. The number of carbonyl (C=O) groups is 2. The molecular weight excluding hydrogens is 897 g/mol. The van der Waals surface area contributed by atoms with Crippen LogP contribution in [0.15, 0.2) is 109 Å². The Balaban J connectivity index is 0.000000264. The number of hydrogen-bond donors (Lipinski definition) is 0. The van der Waals surface area contributed by atoms with E-state index in [0.717, 1.165) is 32.7 Å². The second-order valence-electron chi connectivity index (χ2n) is 18.5. The Hall–Kier alpha value is -8.92. The maximum Gasteiger partial charge on any atom is 0.415 e. The zero-order valence-electron chi connectivity index (χ0n) is 41.7. The van der Waals surface area contributed by atoms with Gasteiger partial charge in [0.2, 0.25) is 5.69 Å². The van der Waals surface area contributed by atoms with Crippen molar-refractivity contribution in [1.82, 2.24) is 4.98 Å². The number of rotatable bonds is 12. The highest BCUT2D eigenvalue weighted by Gasteiger charge is 2.28. The van der Waals surface area contributed by atoms with Gasteiger partial charge < -0.3 is 24.2 Å². The minimum atomic E-state index is -0.727. The summed E-state index contributed by atoms with van der Waals surface area (Å²) in [6.45, 7) is 18.8. The van der Waals surface area contributed by atoms with Gasteiger partial charge in [0.1, 0.15) is 30.2 Å². The molecule has 6 rings (SSSR count). The number of anilines is 2. The van der Waals surface area contributed by atoms with Crippen molar-refractivity contribution < 1.29 is 33.3 Å². The van der Waals surface area contributed by atoms with Crippen molar-refractivity contribution in [1.29, 1.82) is 21.0 Å². The molecule has 0 radical (unpaired) electrons. The van der Waals surface area contributed by atoms with E-state index in [4.69, 9.17) is 40.0 Å². The van der Waals surface area contributed by atoms with E-state index in [2.05, 4.69) is 29.3 Å². The van der Waals surface area contributed by atoms with Crippen molar-refractivity contribution in [2.24, 2.45) is 0 Å². The van der Waals surface area contributed by atoms with Crippen LogP contribution in [0.2, 0.25) is 0 Å². The van der Waals surface area contributed by atoms with Gasteiger partial charge in [0.25, 0.3) is 0 Å². The van der Waals surface area contributed by atoms with E-state index >= 15 is 0 Å². The van der Waals surface area contributed by atoms with Crippen LogP contribution in [0.5, 0.6) is 11.5 Å². The maximum atomic E-state index is 13.1. The predicted molar refractivity (Wildman–Crippen MR) is 267 cm³/mol. The average molecular weight is 953 g/mol. The Kier molecular flexibility index (Phi) is 17.5. The minimum absolute atomic E-state index is 0.0510. The average Bonchev–Trinajstić information content (AvgIpc) is 3.33. The number of benzene rings is 4. The van der Waals surface area contributed by atoms with Crippen LogP contribution in [0.25, 0.3) is 0 Å². The largest absolute Gasteiger partial charge is 0.618 e. The summed E-state index contributed by atoms with van der Waals surface area (Å²) in [5.41, 5.74) is 7.51. The van der Waals surface area contributed by atoms with E-state index in [1.807, 2.05) is 59.7 Å². The Bertz CT molecular complexity index is 3060. The van der Waals surface area contributed by atoms with Crippen molar-refractivity contribution in [2.75, 3.05) is 9.80 Å². The Labute approximate surface area is 415 Å². The third-order valence-electron chi connectivity index (χ3n) is 10.7. The first-order chi connectivity index (χ1) is 33.6. The van der Waals surface area contributed by atoms with E-state index < -0.39 is 23.4 Å². The minimum Gasteiger partial charge on any atom is -0.618 e. The lowest BCUT2D eigenvalue weighted by Crippen LogP contribution is -2.38. The van der Waals surface area contributed by atoms with Crippen LogP contribution < -0.4 is 24.0 Å². The molecule has 0 aliphatic rings. The number of nitriles is 4. The van der Waals surface area contributed by atoms with Gasteiger partial charge in [0, 0.05) is 35.6 Å². The normalized spacial score (nSPS) is 10.7. The van der Waals surface area contributed by atoms with E-state index in [-0.39, 0.29) is 26.3 Å². The Morgan fingerprint density at radius 2 is 1.00 bits per heavy atom. The number of aryl methyl sites for hydroxylation is 1. The number of pyridine rings is 2. The van der Waals surface area contributed by atoms with Gasteiger partial charge in [-0.05, 0) is 157 Å². The smallest absolute Gasteiger partial charge is 0.415 e. The number of amides is 2. The first-order valence-electron chi connectivity index (χ1n) is 22.6. The van der Waals surface area contributed by atoms with Gasteiger partial charge in [0.05, 0.1) is 65.3 Å². The third kappa shape index (κ3) is 14.8. The number of nitrogens with zero attached hydrogens (tertiary/aromatic N) is 8. The second-order valence-corrected chi connectivity index (χ2v) is 18.5. The molecule has 0 atom stereocenters. The second kappa shape index (κ2) is 23.4. The summed E-state index contributed by atoms with van der Waals surface area (Å²) in [6.07, 6.45) is 2.07. The number of ether oxygens (including phenoxy) is 4. The SMILES string of the molecule is Cc1c(CN(C(=O)OC(C)(C)C)c2ccc(C#N)cc2)c[n+]([O-])c(C)c1OCc1cccc(C#N)c1.Cc1ncc(CN(C(=O)OC(C)(C)C)c2ccc(C#N)cc2)c(C)c1OCc1cccc(C#N)c1. The molecule has 2 aromatic heterocycles. The summed E-state index contributed by atoms with van der Waals surface area (Å²) in [4.78, 5) is 33.7. The fourth-order valence-corrected chi connectivity index (χ4v) is 7.05. The van der Waals surface area contributed by atoms with Gasteiger partial charge in [-0.25, -0.2) is 9.59 Å². The van der Waals surface area contributed by atoms with Gasteiger partial charge in [-0.1, -0.05) is 24.3 Å². The quantitative estimate of drug-likeness (QED) is 0.0828. The Morgan fingerprint density at radius 3 is 1.42 bits per heavy atom. The number of hydrogen-bond acceptors (Lipinski definition) is 12. The van der Waals surface area contributed by atoms with Gasteiger partial charge in [0.15, 0.2) is 11.9 Å². The molecule has 6 aromatic rings. The van der Waals surface area contributed by atoms with E-state index in [1.165, 1.54) is 16.0 Å². The standard InChI is InChI=1S/C28H28N4O4.C28H28N4O3/c1-19-24(16-31(27(33)36-28(3,4)5)25-11-9-21(14-29)10-12-25)17-32(34)20(2)26(19)35-18-23-8-6-7-22(13-23)15-30;1-19-24(16-31-20(2)26(19)34-18-23-8-6-7-22(13-23)15-30)17-32(27(33)35-28(3,4)5)25-11-9-21(14-29)10-12-25/h6-13,17H,16,18H2,1-5H3;6-13,16H,17-18H2,1-5H3. The molecule has 2 amide bonds. The summed E-state index contributed by atoms with van der Waals surface area (Å²) < 4.78 is 24.1. The predicted octanol–water partition coefficient (Wildman–Crippen LogP) is 11.2. The Morgan fingerprint density at radius 1 is 0.592 bits per heavy atom. The van der Waals surface area contributed by atoms with Gasteiger partial charge in [-0.2, -0.15) is 25.8 Å². The summed E-state index contributed by atoms with van der Waals surface area (Å²) in [5.74, 6) is 1.04. The molecule has 362 valence electrons. The lowest BCUT2D eigenvalue weighted by molar-refractivity contribution is -0.613. The maximum absolute atomic E-state index is 13.1. The molecule has 0 N–H and O–H groups in total. The van der Waals surface area contributed by atoms with Crippen LogP contribution in [-0.4, -0.2) is 28.4 Å². The van der Waals surface area contributed by atoms with Crippen LogP contribution >= 0.6 is 0 Å². The molecule has 2 heterocycles. The molecule has 0 fully saturated rings. The lowest BCUT2D eigenvalue weighted by atomic mass is 10.1. The van der Waals surface area contributed by atoms with Gasteiger partial charge >= 0.3 is 12.2 Å². The van der Waals surface area contributed by atoms with Crippen molar-refractivity contribution >= 4 is 23.6 Å².